The van der Waals surface area contributed by atoms with Crippen molar-refractivity contribution in [3.05, 3.63) is 24.0 Å². The molecule has 6 heteroatoms. The zero-order valence-corrected chi connectivity index (χ0v) is 9.56. The van der Waals surface area contributed by atoms with Crippen LogP contribution >= 0.6 is 0 Å². The fraction of sp³-hybridized carbons (Fsp3) is 0.364. The zero-order chi connectivity index (χ0) is 12.3. The molecule has 3 amide bonds. The Morgan fingerprint density at radius 3 is 3.00 bits per heavy atom. The fourth-order valence-corrected chi connectivity index (χ4v) is 1.66. The number of anilines is 1. The van der Waals surface area contributed by atoms with Crippen molar-refractivity contribution < 1.29 is 9.59 Å². The molecule has 1 fully saturated rings. The van der Waals surface area contributed by atoms with Gasteiger partial charge < -0.3 is 10.6 Å². The van der Waals surface area contributed by atoms with Crippen LogP contribution in [0, 0.1) is 0 Å². The van der Waals surface area contributed by atoms with Gasteiger partial charge in [-0.1, -0.05) is 0 Å². The van der Waals surface area contributed by atoms with Gasteiger partial charge in [0.15, 0.2) is 0 Å². The Hall–Kier alpha value is -2.11. The molecule has 0 bridgehead atoms. The van der Waals surface area contributed by atoms with Gasteiger partial charge in [0, 0.05) is 18.4 Å². The second kappa shape index (κ2) is 4.82. The molecule has 0 aromatic carbocycles. The Balaban J connectivity index is 2.10. The van der Waals surface area contributed by atoms with Crippen molar-refractivity contribution >= 4 is 17.6 Å². The van der Waals surface area contributed by atoms with Crippen LogP contribution in [0.1, 0.15) is 12.6 Å². The first-order valence-electron chi connectivity index (χ1n) is 5.47. The van der Waals surface area contributed by atoms with E-state index in [9.17, 15) is 9.59 Å². The zero-order valence-electron chi connectivity index (χ0n) is 9.56. The molecule has 2 rings (SSSR count). The SMILES string of the molecule is CCNc1ccnc(CN2C(=O)CNC2=O)c1. The van der Waals surface area contributed by atoms with Crippen molar-refractivity contribution in [1.29, 1.82) is 0 Å². The van der Waals surface area contributed by atoms with Crippen molar-refractivity contribution in [1.82, 2.24) is 15.2 Å². The monoisotopic (exact) mass is 234 g/mol. The molecule has 0 saturated carbocycles. The third-order valence-corrected chi connectivity index (χ3v) is 2.45. The van der Waals surface area contributed by atoms with E-state index in [-0.39, 0.29) is 25.0 Å². The summed E-state index contributed by atoms with van der Waals surface area (Å²) in [7, 11) is 0. The highest BCUT2D eigenvalue weighted by Gasteiger charge is 2.28. The molecule has 0 aliphatic carbocycles. The highest BCUT2D eigenvalue weighted by Crippen LogP contribution is 2.11. The minimum Gasteiger partial charge on any atom is -0.385 e. The second-order valence-electron chi connectivity index (χ2n) is 3.70. The van der Waals surface area contributed by atoms with Gasteiger partial charge in [-0.25, -0.2) is 4.79 Å². The Labute approximate surface area is 99.0 Å². The van der Waals surface area contributed by atoms with Gasteiger partial charge in [-0.05, 0) is 19.1 Å². The van der Waals surface area contributed by atoms with Crippen LogP contribution in [-0.2, 0) is 11.3 Å². The van der Waals surface area contributed by atoms with Crippen LogP contribution in [0.3, 0.4) is 0 Å². The molecule has 1 aromatic rings. The van der Waals surface area contributed by atoms with Crippen molar-refractivity contribution in [3.8, 4) is 0 Å². The van der Waals surface area contributed by atoms with Gasteiger partial charge in [0.1, 0.15) is 0 Å². The lowest BCUT2D eigenvalue weighted by molar-refractivity contribution is -0.125. The number of aromatic nitrogens is 1. The summed E-state index contributed by atoms with van der Waals surface area (Å²) in [5, 5.41) is 5.62. The van der Waals surface area contributed by atoms with E-state index in [4.69, 9.17) is 0 Å². The minimum atomic E-state index is -0.356. The Morgan fingerprint density at radius 1 is 1.53 bits per heavy atom. The van der Waals surface area contributed by atoms with Gasteiger partial charge in [-0.3, -0.25) is 14.7 Å². The maximum atomic E-state index is 11.4. The first-order valence-corrected chi connectivity index (χ1v) is 5.47. The topological polar surface area (TPSA) is 74.3 Å². The molecule has 0 unspecified atom stereocenters. The lowest BCUT2D eigenvalue weighted by Gasteiger charge is -2.12. The number of nitrogens with zero attached hydrogens (tertiary/aromatic N) is 2. The largest absolute Gasteiger partial charge is 0.385 e. The van der Waals surface area contributed by atoms with Crippen LogP contribution in [0.15, 0.2) is 18.3 Å². The predicted octanol–water partition coefficient (Wildman–Crippen LogP) is 0.565. The molecule has 1 aliphatic rings. The summed E-state index contributed by atoms with van der Waals surface area (Å²) >= 11 is 0. The van der Waals surface area contributed by atoms with E-state index >= 15 is 0 Å². The average Bonchev–Trinajstić information content (AvgIpc) is 2.62. The van der Waals surface area contributed by atoms with Gasteiger partial charge in [-0.2, -0.15) is 0 Å². The van der Waals surface area contributed by atoms with Crippen LogP contribution in [0.25, 0.3) is 0 Å². The summed E-state index contributed by atoms with van der Waals surface area (Å²) in [5.41, 5.74) is 1.62. The second-order valence-corrected chi connectivity index (χ2v) is 3.70. The number of imide groups is 1. The van der Waals surface area contributed by atoms with Crippen molar-refractivity contribution in [2.45, 2.75) is 13.5 Å². The van der Waals surface area contributed by atoms with Crippen LogP contribution in [0.5, 0.6) is 0 Å². The summed E-state index contributed by atoms with van der Waals surface area (Å²) in [6, 6.07) is 3.33. The molecule has 2 N–H and O–H groups in total. The molecular formula is C11H14N4O2. The Morgan fingerprint density at radius 2 is 2.35 bits per heavy atom. The van der Waals surface area contributed by atoms with Gasteiger partial charge in [0.05, 0.1) is 18.8 Å². The van der Waals surface area contributed by atoms with Crippen LogP contribution in [0.2, 0.25) is 0 Å². The maximum Gasteiger partial charge on any atom is 0.324 e. The molecule has 17 heavy (non-hydrogen) atoms. The quantitative estimate of drug-likeness (QED) is 0.747. The molecule has 1 saturated heterocycles. The van der Waals surface area contributed by atoms with Crippen LogP contribution in [-0.4, -0.2) is 34.9 Å². The number of nitrogens with one attached hydrogen (secondary N) is 2. The molecule has 0 spiro atoms. The molecular weight excluding hydrogens is 220 g/mol. The van der Waals surface area contributed by atoms with Gasteiger partial charge in [0.25, 0.3) is 0 Å². The van der Waals surface area contributed by atoms with E-state index in [1.54, 1.807) is 6.20 Å². The number of rotatable bonds is 4. The summed E-state index contributed by atoms with van der Waals surface area (Å²) < 4.78 is 0. The lowest BCUT2D eigenvalue weighted by Crippen LogP contribution is -2.30. The minimum absolute atomic E-state index is 0.0751. The number of carbonyl (C=O) groups excluding carboxylic acids is 2. The van der Waals surface area contributed by atoms with Gasteiger partial charge in [-0.15, -0.1) is 0 Å². The first-order chi connectivity index (χ1) is 8.20. The third-order valence-electron chi connectivity index (χ3n) is 2.45. The van der Waals surface area contributed by atoms with E-state index in [0.717, 1.165) is 17.1 Å². The third kappa shape index (κ3) is 2.52. The number of amides is 3. The maximum absolute atomic E-state index is 11.4. The summed E-state index contributed by atoms with van der Waals surface area (Å²) in [6.45, 7) is 3.10. The average molecular weight is 234 g/mol. The number of pyridine rings is 1. The molecule has 90 valence electrons. The molecule has 2 heterocycles. The summed E-state index contributed by atoms with van der Waals surface area (Å²) in [5.74, 6) is -0.217. The van der Waals surface area contributed by atoms with Crippen LogP contribution < -0.4 is 10.6 Å². The lowest BCUT2D eigenvalue weighted by atomic mass is 10.3. The molecule has 1 aliphatic heterocycles. The van der Waals surface area contributed by atoms with Crippen molar-refractivity contribution in [3.63, 3.8) is 0 Å². The van der Waals surface area contributed by atoms with E-state index in [1.807, 2.05) is 19.1 Å². The first kappa shape index (κ1) is 11.4. The van der Waals surface area contributed by atoms with E-state index in [2.05, 4.69) is 15.6 Å². The molecule has 0 radical (unpaired) electrons. The predicted molar refractivity (Wildman–Crippen MR) is 62.3 cm³/mol. The summed E-state index contributed by atoms with van der Waals surface area (Å²) in [4.78, 5) is 28.1. The Bertz CT molecular complexity index is 431. The number of carbonyl (C=O) groups is 2. The highest BCUT2D eigenvalue weighted by molar-refractivity contribution is 6.01. The molecule has 6 nitrogen and oxygen atoms in total. The van der Waals surface area contributed by atoms with Crippen LogP contribution in [0.4, 0.5) is 10.5 Å². The Kier molecular flexibility index (Phi) is 3.22. The molecule has 1 aromatic heterocycles. The van der Waals surface area contributed by atoms with E-state index in [1.165, 1.54) is 0 Å². The van der Waals surface area contributed by atoms with E-state index < -0.39 is 0 Å². The van der Waals surface area contributed by atoms with E-state index in [0.29, 0.717) is 5.69 Å². The van der Waals surface area contributed by atoms with Gasteiger partial charge >= 0.3 is 6.03 Å². The fourth-order valence-electron chi connectivity index (χ4n) is 1.66. The smallest absolute Gasteiger partial charge is 0.324 e. The molecule has 0 atom stereocenters. The van der Waals surface area contributed by atoms with Crippen molar-refractivity contribution in [2.75, 3.05) is 18.4 Å². The standard InChI is InChI=1S/C11H14N4O2/c1-2-12-8-3-4-13-9(5-8)7-15-10(16)6-14-11(15)17/h3-5H,2,6-7H2,1H3,(H,12,13)(H,14,17). The van der Waals surface area contributed by atoms with Crippen molar-refractivity contribution in [2.24, 2.45) is 0 Å². The number of hydrogen-bond donors (Lipinski definition) is 2. The van der Waals surface area contributed by atoms with Gasteiger partial charge in [0.2, 0.25) is 5.91 Å². The normalized spacial score (nSPS) is 15.0. The summed E-state index contributed by atoms with van der Waals surface area (Å²) in [6.07, 6.45) is 1.66. The number of hydrogen-bond acceptors (Lipinski definition) is 4. The highest BCUT2D eigenvalue weighted by atomic mass is 16.2. The number of urea groups is 1.